The van der Waals surface area contributed by atoms with Crippen LogP contribution in [0.2, 0.25) is 0 Å². The Hall–Kier alpha value is -2.54. The Kier molecular flexibility index (Phi) is 5.99. The summed E-state index contributed by atoms with van der Waals surface area (Å²) >= 11 is 1.40. The maximum absolute atomic E-state index is 12.0. The average Bonchev–Trinajstić information content (AvgIpc) is 3.07. The second kappa shape index (κ2) is 8.19. The van der Waals surface area contributed by atoms with Crippen LogP contribution in [0, 0.1) is 0 Å². The summed E-state index contributed by atoms with van der Waals surface area (Å²) in [7, 11) is 1.57. The van der Waals surface area contributed by atoms with Gasteiger partial charge in [0.2, 0.25) is 0 Å². The number of carbonyl (C=O) groups excluding carboxylic acids is 1. The Morgan fingerprint density at radius 1 is 1.22 bits per heavy atom. The number of hydrogen-bond donors (Lipinski definition) is 2. The van der Waals surface area contributed by atoms with Crippen molar-refractivity contribution in [3.8, 4) is 11.5 Å². The standard InChI is InChI=1S/C16H17NO5S/c1-21-11-4-6-12(7-5-11)22-10-15(18)17-13(9-16(19)20)14-3-2-8-23-14/h2-8,13H,9-10H2,1H3,(H,17,18)(H,19,20)/t13-/m0/s1. The summed E-state index contributed by atoms with van der Waals surface area (Å²) in [6.07, 6.45) is -0.172. The molecule has 2 rings (SSSR count). The molecule has 0 aliphatic carbocycles. The van der Waals surface area contributed by atoms with E-state index in [4.69, 9.17) is 14.6 Å². The highest BCUT2D eigenvalue weighted by molar-refractivity contribution is 7.10. The molecule has 2 N–H and O–H groups in total. The van der Waals surface area contributed by atoms with Crippen LogP contribution in [0.25, 0.3) is 0 Å². The molecule has 1 heterocycles. The van der Waals surface area contributed by atoms with Gasteiger partial charge in [-0.05, 0) is 35.7 Å². The van der Waals surface area contributed by atoms with Crippen LogP contribution in [-0.2, 0) is 9.59 Å². The molecule has 122 valence electrons. The summed E-state index contributed by atoms with van der Waals surface area (Å²) in [5, 5.41) is 13.5. The van der Waals surface area contributed by atoms with E-state index in [1.54, 1.807) is 37.4 Å². The minimum absolute atomic E-state index is 0.172. The molecule has 0 saturated heterocycles. The highest BCUT2D eigenvalue weighted by atomic mass is 32.1. The zero-order chi connectivity index (χ0) is 16.7. The van der Waals surface area contributed by atoms with Crippen molar-refractivity contribution in [3.05, 3.63) is 46.7 Å². The number of rotatable bonds is 8. The molecule has 0 saturated carbocycles. The number of thiophene rings is 1. The number of benzene rings is 1. The van der Waals surface area contributed by atoms with Gasteiger partial charge < -0.3 is 19.9 Å². The SMILES string of the molecule is COc1ccc(OCC(=O)N[C@@H](CC(=O)O)c2cccs2)cc1. The Morgan fingerprint density at radius 2 is 1.91 bits per heavy atom. The van der Waals surface area contributed by atoms with Gasteiger partial charge in [-0.15, -0.1) is 11.3 Å². The van der Waals surface area contributed by atoms with E-state index in [-0.39, 0.29) is 18.9 Å². The second-order valence-electron chi connectivity index (χ2n) is 4.70. The molecule has 0 spiro atoms. The summed E-state index contributed by atoms with van der Waals surface area (Å²) < 4.78 is 10.4. The Bertz CT molecular complexity index is 639. The van der Waals surface area contributed by atoms with Crippen LogP contribution in [0.15, 0.2) is 41.8 Å². The Morgan fingerprint density at radius 3 is 2.48 bits per heavy atom. The molecule has 7 heteroatoms. The molecular formula is C16H17NO5S. The molecule has 0 aliphatic rings. The Balaban J connectivity index is 1.89. The third-order valence-electron chi connectivity index (χ3n) is 3.03. The maximum Gasteiger partial charge on any atom is 0.305 e. The van der Waals surface area contributed by atoms with Gasteiger partial charge in [0.15, 0.2) is 6.61 Å². The number of hydrogen-bond acceptors (Lipinski definition) is 5. The van der Waals surface area contributed by atoms with Crippen molar-refractivity contribution in [2.45, 2.75) is 12.5 Å². The number of ether oxygens (including phenoxy) is 2. The molecule has 1 amide bonds. The van der Waals surface area contributed by atoms with Gasteiger partial charge in [0.1, 0.15) is 11.5 Å². The van der Waals surface area contributed by atoms with E-state index in [0.717, 1.165) is 4.88 Å². The van der Waals surface area contributed by atoms with Gasteiger partial charge in [-0.1, -0.05) is 6.07 Å². The lowest BCUT2D eigenvalue weighted by molar-refractivity contribution is -0.137. The molecule has 1 aromatic carbocycles. The van der Waals surface area contributed by atoms with Gasteiger partial charge in [0.05, 0.1) is 19.6 Å². The van der Waals surface area contributed by atoms with Crippen LogP contribution >= 0.6 is 11.3 Å². The fraction of sp³-hybridized carbons (Fsp3) is 0.250. The summed E-state index contributed by atoms with van der Waals surface area (Å²) in [6.45, 7) is -0.187. The molecule has 2 aromatic rings. The summed E-state index contributed by atoms with van der Waals surface area (Å²) in [4.78, 5) is 23.7. The number of carboxylic acids is 1. The van der Waals surface area contributed by atoms with Crippen LogP contribution in [-0.4, -0.2) is 30.7 Å². The van der Waals surface area contributed by atoms with Crippen LogP contribution in [0.3, 0.4) is 0 Å². The number of nitrogens with one attached hydrogen (secondary N) is 1. The molecule has 0 unspecified atom stereocenters. The second-order valence-corrected chi connectivity index (χ2v) is 5.68. The van der Waals surface area contributed by atoms with E-state index in [0.29, 0.717) is 11.5 Å². The van der Waals surface area contributed by atoms with Gasteiger partial charge in [-0.25, -0.2) is 0 Å². The van der Waals surface area contributed by atoms with Crippen molar-refractivity contribution in [1.82, 2.24) is 5.32 Å². The zero-order valence-electron chi connectivity index (χ0n) is 12.5. The van der Waals surface area contributed by atoms with E-state index < -0.39 is 12.0 Å². The first-order chi connectivity index (χ1) is 11.1. The van der Waals surface area contributed by atoms with Crippen LogP contribution in [0.4, 0.5) is 0 Å². The normalized spacial score (nSPS) is 11.5. The number of carbonyl (C=O) groups is 2. The van der Waals surface area contributed by atoms with Gasteiger partial charge in [0.25, 0.3) is 5.91 Å². The van der Waals surface area contributed by atoms with Gasteiger partial charge >= 0.3 is 5.97 Å². The molecule has 6 nitrogen and oxygen atoms in total. The van der Waals surface area contributed by atoms with Crippen molar-refractivity contribution >= 4 is 23.2 Å². The van der Waals surface area contributed by atoms with Crippen molar-refractivity contribution < 1.29 is 24.2 Å². The third-order valence-corrected chi connectivity index (χ3v) is 4.02. The van der Waals surface area contributed by atoms with Gasteiger partial charge in [-0.2, -0.15) is 0 Å². The minimum Gasteiger partial charge on any atom is -0.497 e. The van der Waals surface area contributed by atoms with Crippen LogP contribution in [0.1, 0.15) is 17.3 Å². The molecule has 0 fully saturated rings. The van der Waals surface area contributed by atoms with Crippen LogP contribution < -0.4 is 14.8 Å². The monoisotopic (exact) mass is 335 g/mol. The predicted octanol–water partition coefficient (Wildman–Crippen LogP) is 2.47. The zero-order valence-corrected chi connectivity index (χ0v) is 13.3. The molecule has 0 radical (unpaired) electrons. The highest BCUT2D eigenvalue weighted by Gasteiger charge is 2.19. The number of aliphatic carboxylic acids is 1. The maximum atomic E-state index is 12.0. The van der Waals surface area contributed by atoms with Gasteiger partial charge in [-0.3, -0.25) is 9.59 Å². The summed E-state index contributed by atoms with van der Waals surface area (Å²) in [5.74, 6) is -0.117. The first kappa shape index (κ1) is 16.8. The summed E-state index contributed by atoms with van der Waals surface area (Å²) in [5.41, 5.74) is 0. The lowest BCUT2D eigenvalue weighted by Crippen LogP contribution is -2.33. The van der Waals surface area contributed by atoms with E-state index in [1.807, 2.05) is 11.4 Å². The van der Waals surface area contributed by atoms with Crippen molar-refractivity contribution in [1.29, 1.82) is 0 Å². The molecule has 0 aliphatic heterocycles. The predicted molar refractivity (Wildman–Crippen MR) is 85.9 cm³/mol. The van der Waals surface area contributed by atoms with Gasteiger partial charge in [0, 0.05) is 4.88 Å². The number of methoxy groups -OCH3 is 1. The van der Waals surface area contributed by atoms with Crippen molar-refractivity contribution in [2.75, 3.05) is 13.7 Å². The molecular weight excluding hydrogens is 318 g/mol. The Labute approximate surface area is 137 Å². The van der Waals surface area contributed by atoms with E-state index in [1.165, 1.54) is 11.3 Å². The van der Waals surface area contributed by atoms with E-state index >= 15 is 0 Å². The highest BCUT2D eigenvalue weighted by Crippen LogP contribution is 2.22. The number of amides is 1. The smallest absolute Gasteiger partial charge is 0.305 e. The quantitative estimate of drug-likeness (QED) is 0.774. The first-order valence-corrected chi connectivity index (χ1v) is 7.78. The largest absolute Gasteiger partial charge is 0.497 e. The fourth-order valence-electron chi connectivity index (χ4n) is 1.94. The topological polar surface area (TPSA) is 84.9 Å². The minimum atomic E-state index is -0.972. The van der Waals surface area contributed by atoms with Crippen LogP contribution in [0.5, 0.6) is 11.5 Å². The molecule has 0 bridgehead atoms. The molecule has 23 heavy (non-hydrogen) atoms. The average molecular weight is 335 g/mol. The van der Waals surface area contributed by atoms with Crippen molar-refractivity contribution in [2.24, 2.45) is 0 Å². The van der Waals surface area contributed by atoms with Crippen molar-refractivity contribution in [3.63, 3.8) is 0 Å². The number of carboxylic acid groups (broad SMARTS) is 1. The third kappa shape index (κ3) is 5.30. The molecule has 1 aromatic heterocycles. The van der Waals surface area contributed by atoms with E-state index in [9.17, 15) is 9.59 Å². The summed E-state index contributed by atoms with van der Waals surface area (Å²) in [6, 6.07) is 9.90. The lowest BCUT2D eigenvalue weighted by atomic mass is 10.1. The first-order valence-electron chi connectivity index (χ1n) is 6.90. The molecule has 1 atom stereocenters. The fourth-order valence-corrected chi connectivity index (χ4v) is 2.72. The van der Waals surface area contributed by atoms with E-state index in [2.05, 4.69) is 5.32 Å². The lowest BCUT2D eigenvalue weighted by Gasteiger charge is -2.16.